The van der Waals surface area contributed by atoms with Crippen LogP contribution in [0.5, 0.6) is 0 Å². The molecule has 4 rings (SSSR count). The highest BCUT2D eigenvalue weighted by Gasteiger charge is 2.21. The van der Waals surface area contributed by atoms with E-state index in [0.29, 0.717) is 5.69 Å². The molecule has 0 radical (unpaired) electrons. The first kappa shape index (κ1) is 21.9. The lowest BCUT2D eigenvalue weighted by Gasteiger charge is -2.16. The average Bonchev–Trinajstić information content (AvgIpc) is 2.84. The van der Waals surface area contributed by atoms with Gasteiger partial charge in [-0.25, -0.2) is 4.98 Å². The highest BCUT2D eigenvalue weighted by molar-refractivity contribution is 6.03. The Labute approximate surface area is 192 Å². The van der Waals surface area contributed by atoms with Crippen molar-refractivity contribution in [2.75, 3.05) is 17.7 Å². The molecule has 0 fully saturated rings. The van der Waals surface area contributed by atoms with Crippen molar-refractivity contribution in [2.24, 2.45) is 0 Å². The maximum atomic E-state index is 12.9. The first-order valence-electron chi connectivity index (χ1n) is 10.5. The molecule has 0 bridgehead atoms. The summed E-state index contributed by atoms with van der Waals surface area (Å²) in [5, 5.41) is 16.3. The second-order valence-corrected chi connectivity index (χ2v) is 8.39. The van der Waals surface area contributed by atoms with Crippen molar-refractivity contribution < 1.29 is 4.79 Å². The summed E-state index contributed by atoms with van der Waals surface area (Å²) < 4.78 is 0. The Hall–Kier alpha value is -4.31. The minimum absolute atomic E-state index is 0.261. The van der Waals surface area contributed by atoms with E-state index in [4.69, 9.17) is 0 Å². The molecule has 0 aliphatic carbocycles. The fraction of sp³-hybridized carbons (Fsp3) is 0.192. The van der Waals surface area contributed by atoms with E-state index in [0.717, 1.165) is 39.0 Å². The number of nitriles is 1. The minimum atomic E-state index is -0.707. The van der Waals surface area contributed by atoms with Crippen LogP contribution in [0.25, 0.3) is 22.0 Å². The molecule has 3 heterocycles. The number of carbonyl (C=O) groups excluding carboxylic acids is 1. The van der Waals surface area contributed by atoms with Crippen LogP contribution in [-0.4, -0.2) is 27.9 Å². The number of anilines is 2. The molecule has 7 heteroatoms. The molecule has 0 saturated heterocycles. The van der Waals surface area contributed by atoms with Gasteiger partial charge in [0.15, 0.2) is 0 Å². The Kier molecular flexibility index (Phi) is 5.76. The molecule has 0 aliphatic heterocycles. The van der Waals surface area contributed by atoms with Crippen LogP contribution in [-0.2, 0) is 5.41 Å². The van der Waals surface area contributed by atoms with E-state index in [1.54, 1.807) is 24.5 Å². The van der Waals surface area contributed by atoms with Gasteiger partial charge in [-0.1, -0.05) is 6.07 Å². The van der Waals surface area contributed by atoms with Gasteiger partial charge in [-0.3, -0.25) is 14.8 Å². The number of aryl methyl sites for hydroxylation is 1. The summed E-state index contributed by atoms with van der Waals surface area (Å²) in [5.74, 6) is 0.431. The van der Waals surface area contributed by atoms with E-state index in [1.807, 2.05) is 64.3 Å². The second-order valence-electron chi connectivity index (χ2n) is 8.39. The van der Waals surface area contributed by atoms with Crippen LogP contribution in [0.2, 0.25) is 0 Å². The van der Waals surface area contributed by atoms with Gasteiger partial charge >= 0.3 is 0 Å². The van der Waals surface area contributed by atoms with E-state index in [1.165, 1.54) is 0 Å². The number of amides is 1. The third kappa shape index (κ3) is 4.51. The summed E-state index contributed by atoms with van der Waals surface area (Å²) in [6.45, 7) is 5.63. The van der Waals surface area contributed by atoms with E-state index in [9.17, 15) is 10.1 Å². The SMILES string of the molecule is CNc1cc2ncc(-c3cc(NC(=O)c4cc(C(C)(C)C#N)ccn4)ccc3C)cc2cn1. The molecule has 7 nitrogen and oxygen atoms in total. The molecular weight excluding hydrogens is 412 g/mol. The van der Waals surface area contributed by atoms with Crippen LogP contribution in [0.4, 0.5) is 11.5 Å². The number of nitrogens with zero attached hydrogens (tertiary/aromatic N) is 4. The lowest BCUT2D eigenvalue weighted by molar-refractivity contribution is 0.102. The molecule has 4 aromatic rings. The van der Waals surface area contributed by atoms with Crippen molar-refractivity contribution in [1.82, 2.24) is 15.0 Å². The zero-order chi connectivity index (χ0) is 23.6. The third-order valence-electron chi connectivity index (χ3n) is 5.62. The van der Waals surface area contributed by atoms with E-state index < -0.39 is 5.41 Å². The van der Waals surface area contributed by atoms with Gasteiger partial charge in [-0.05, 0) is 67.8 Å². The highest BCUT2D eigenvalue weighted by Crippen LogP contribution is 2.29. The third-order valence-corrected chi connectivity index (χ3v) is 5.62. The van der Waals surface area contributed by atoms with Crippen molar-refractivity contribution in [2.45, 2.75) is 26.2 Å². The Balaban J connectivity index is 1.63. The first-order chi connectivity index (χ1) is 15.8. The lowest BCUT2D eigenvalue weighted by Crippen LogP contribution is -2.18. The Morgan fingerprint density at radius 2 is 1.85 bits per heavy atom. The monoisotopic (exact) mass is 436 g/mol. The van der Waals surface area contributed by atoms with Gasteiger partial charge in [0.1, 0.15) is 11.5 Å². The number of carbonyl (C=O) groups is 1. The van der Waals surface area contributed by atoms with Gasteiger partial charge in [-0.2, -0.15) is 5.26 Å². The normalized spacial score (nSPS) is 11.1. The van der Waals surface area contributed by atoms with Crippen molar-refractivity contribution >= 4 is 28.3 Å². The predicted octanol–water partition coefficient (Wildman–Crippen LogP) is 5.10. The fourth-order valence-corrected chi connectivity index (χ4v) is 3.52. The Morgan fingerprint density at radius 3 is 2.61 bits per heavy atom. The number of pyridine rings is 3. The summed E-state index contributed by atoms with van der Waals surface area (Å²) in [7, 11) is 1.82. The summed E-state index contributed by atoms with van der Waals surface area (Å²) in [5.41, 5.74) is 4.76. The minimum Gasteiger partial charge on any atom is -0.373 e. The van der Waals surface area contributed by atoms with Crippen LogP contribution in [0, 0.1) is 18.3 Å². The summed E-state index contributed by atoms with van der Waals surface area (Å²) in [4.78, 5) is 26.0. The quantitative estimate of drug-likeness (QED) is 0.451. The van der Waals surface area contributed by atoms with Crippen molar-refractivity contribution in [3.8, 4) is 17.2 Å². The van der Waals surface area contributed by atoms with Gasteiger partial charge < -0.3 is 10.6 Å². The molecule has 0 atom stereocenters. The number of aromatic nitrogens is 3. The molecule has 1 amide bonds. The van der Waals surface area contributed by atoms with Crippen LogP contribution in [0.15, 0.2) is 61.1 Å². The van der Waals surface area contributed by atoms with Crippen molar-refractivity contribution in [3.05, 3.63) is 77.9 Å². The van der Waals surface area contributed by atoms with Crippen molar-refractivity contribution in [1.29, 1.82) is 5.26 Å². The maximum absolute atomic E-state index is 12.9. The number of rotatable bonds is 5. The molecule has 0 unspecified atom stereocenters. The van der Waals surface area contributed by atoms with E-state index in [2.05, 4.69) is 31.7 Å². The number of fused-ring (bicyclic) bond motifs is 1. The topological polar surface area (TPSA) is 104 Å². The number of benzene rings is 1. The van der Waals surface area contributed by atoms with Crippen LogP contribution < -0.4 is 10.6 Å². The van der Waals surface area contributed by atoms with Gasteiger partial charge in [0.2, 0.25) is 0 Å². The summed E-state index contributed by atoms with van der Waals surface area (Å²) in [6, 6.07) is 15.3. The standard InChI is InChI=1S/C26H24N6O/c1-16-5-6-20(32-25(33)23-10-19(7-8-29-23)26(2,3)15-27)11-21(16)17-9-18-14-31-24(28-4)12-22(18)30-13-17/h5-14H,1-4H3,(H,28,31)(H,32,33). The van der Waals surface area contributed by atoms with Gasteiger partial charge in [0.05, 0.1) is 17.0 Å². The smallest absolute Gasteiger partial charge is 0.274 e. The second kappa shape index (κ2) is 8.67. The van der Waals surface area contributed by atoms with Gasteiger partial charge in [0.25, 0.3) is 5.91 Å². The molecule has 1 aromatic carbocycles. The van der Waals surface area contributed by atoms with Crippen LogP contribution in [0.3, 0.4) is 0 Å². The van der Waals surface area contributed by atoms with Gasteiger partial charge in [0, 0.05) is 48.3 Å². The zero-order valence-electron chi connectivity index (χ0n) is 19.0. The predicted molar refractivity (Wildman–Crippen MR) is 130 cm³/mol. The van der Waals surface area contributed by atoms with Crippen LogP contribution >= 0.6 is 0 Å². The molecule has 33 heavy (non-hydrogen) atoms. The largest absolute Gasteiger partial charge is 0.373 e. The Morgan fingerprint density at radius 1 is 1.03 bits per heavy atom. The Bertz CT molecular complexity index is 1400. The zero-order valence-corrected chi connectivity index (χ0v) is 19.0. The molecule has 0 spiro atoms. The number of hydrogen-bond donors (Lipinski definition) is 2. The summed E-state index contributed by atoms with van der Waals surface area (Å²) >= 11 is 0. The molecule has 164 valence electrons. The van der Waals surface area contributed by atoms with Gasteiger partial charge in [-0.15, -0.1) is 0 Å². The molecule has 0 saturated carbocycles. The molecule has 2 N–H and O–H groups in total. The van der Waals surface area contributed by atoms with Crippen molar-refractivity contribution in [3.63, 3.8) is 0 Å². The maximum Gasteiger partial charge on any atom is 0.274 e. The number of nitrogens with one attached hydrogen (secondary N) is 2. The summed E-state index contributed by atoms with van der Waals surface area (Å²) in [6.07, 6.45) is 5.17. The lowest BCUT2D eigenvalue weighted by atomic mass is 9.86. The van der Waals surface area contributed by atoms with E-state index in [-0.39, 0.29) is 11.6 Å². The fourth-order valence-electron chi connectivity index (χ4n) is 3.52. The average molecular weight is 437 g/mol. The number of hydrogen-bond acceptors (Lipinski definition) is 6. The van der Waals surface area contributed by atoms with Crippen LogP contribution in [0.1, 0.15) is 35.5 Å². The molecule has 0 aliphatic rings. The van der Waals surface area contributed by atoms with E-state index >= 15 is 0 Å². The first-order valence-corrected chi connectivity index (χ1v) is 10.5. The highest BCUT2D eigenvalue weighted by atomic mass is 16.1. The molecular formula is C26H24N6O. The molecule has 3 aromatic heterocycles.